The Morgan fingerprint density at radius 1 is 0.273 bits per heavy atom. The minimum atomic E-state index is -0.812. The largest absolute Gasteiger partial charge is 0.462 e. The number of ether oxygens (including phenoxy) is 3. The van der Waals surface area contributed by atoms with E-state index in [-0.39, 0.29) is 37.5 Å². The van der Waals surface area contributed by atoms with Gasteiger partial charge in [0.15, 0.2) is 6.10 Å². The molecule has 1 unspecified atom stereocenters. The summed E-state index contributed by atoms with van der Waals surface area (Å²) in [6.07, 6.45) is 86.2. The Labute approximate surface area is 477 Å². The van der Waals surface area contributed by atoms with Crippen LogP contribution in [0.25, 0.3) is 0 Å². The quantitative estimate of drug-likeness (QED) is 0.0261. The van der Waals surface area contributed by atoms with Crippen molar-refractivity contribution in [1.29, 1.82) is 0 Å². The third-order valence-corrected chi connectivity index (χ3v) is 14.4. The van der Waals surface area contributed by atoms with Gasteiger partial charge in [-0.15, -0.1) is 0 Å². The molecule has 0 aliphatic heterocycles. The minimum absolute atomic E-state index is 0.101. The van der Waals surface area contributed by atoms with Crippen molar-refractivity contribution in [3.05, 3.63) is 85.1 Å². The van der Waals surface area contributed by atoms with Crippen molar-refractivity contribution in [2.24, 2.45) is 0 Å². The fourth-order valence-electron chi connectivity index (χ4n) is 9.44. The number of carbonyl (C=O) groups is 3. The Kier molecular flexibility index (Phi) is 62.2. The predicted octanol–water partition coefficient (Wildman–Crippen LogP) is 22.7. The van der Waals surface area contributed by atoms with Crippen LogP contribution in [-0.4, -0.2) is 37.2 Å². The first-order valence-electron chi connectivity index (χ1n) is 33.1. The second kappa shape index (κ2) is 65.1. The van der Waals surface area contributed by atoms with Gasteiger partial charge in [-0.3, -0.25) is 14.4 Å². The Bertz CT molecular complexity index is 1470. The van der Waals surface area contributed by atoms with Crippen LogP contribution in [0.3, 0.4) is 0 Å². The molecule has 0 spiro atoms. The smallest absolute Gasteiger partial charge is 0.306 e. The van der Waals surface area contributed by atoms with E-state index in [1.54, 1.807) is 0 Å². The summed E-state index contributed by atoms with van der Waals surface area (Å²) in [6.45, 7) is 6.46. The Balaban J connectivity index is 4.28. The summed E-state index contributed by atoms with van der Waals surface area (Å²) in [5, 5.41) is 0. The SMILES string of the molecule is CC/C=C\C/C=C\C/C=C\C/C=C\C/C=C\CCCC(=O)OC(COC(=O)CCCCCCC/C=C\C/C=C\CCCC)COC(=O)CCCCCCCCCCCCCCCCCCCCCCCCCCCCCC. The Hall–Kier alpha value is -3.41. The van der Waals surface area contributed by atoms with Crippen LogP contribution in [-0.2, 0) is 28.6 Å². The minimum Gasteiger partial charge on any atom is -0.462 e. The maximum absolute atomic E-state index is 12.9. The monoisotopic (exact) mass is 1070 g/mol. The predicted molar refractivity (Wildman–Crippen MR) is 334 cm³/mol. The molecule has 0 rings (SSSR count). The average molecular weight is 1070 g/mol. The molecule has 0 saturated heterocycles. The molecule has 77 heavy (non-hydrogen) atoms. The number of esters is 3. The van der Waals surface area contributed by atoms with Crippen molar-refractivity contribution in [2.45, 2.75) is 335 Å². The molecule has 0 bridgehead atoms. The van der Waals surface area contributed by atoms with E-state index in [2.05, 4.69) is 106 Å². The second-order valence-electron chi connectivity index (χ2n) is 22.0. The zero-order valence-corrected chi connectivity index (χ0v) is 51.0. The molecule has 444 valence electrons. The van der Waals surface area contributed by atoms with Crippen molar-refractivity contribution in [3.8, 4) is 0 Å². The topological polar surface area (TPSA) is 78.9 Å². The highest BCUT2D eigenvalue weighted by molar-refractivity contribution is 5.71. The van der Waals surface area contributed by atoms with E-state index < -0.39 is 6.10 Å². The van der Waals surface area contributed by atoms with Crippen LogP contribution in [0.15, 0.2) is 85.1 Å². The third kappa shape index (κ3) is 63.3. The number of allylic oxidation sites excluding steroid dienone is 14. The summed E-state index contributed by atoms with van der Waals surface area (Å²) < 4.78 is 16.9. The molecule has 0 aliphatic carbocycles. The highest BCUT2D eigenvalue weighted by Gasteiger charge is 2.19. The van der Waals surface area contributed by atoms with E-state index in [1.807, 2.05) is 0 Å². The summed E-state index contributed by atoms with van der Waals surface area (Å²) in [5.41, 5.74) is 0. The van der Waals surface area contributed by atoms with Crippen LogP contribution >= 0.6 is 0 Å². The molecular formula is C71H124O6. The molecule has 1 atom stereocenters. The van der Waals surface area contributed by atoms with Gasteiger partial charge in [-0.25, -0.2) is 0 Å². The van der Waals surface area contributed by atoms with Crippen LogP contribution in [0, 0.1) is 0 Å². The molecule has 6 heteroatoms. The summed E-state index contributed by atoms with van der Waals surface area (Å²) in [5.74, 6) is -0.963. The van der Waals surface area contributed by atoms with Crippen LogP contribution in [0.5, 0.6) is 0 Å². The Morgan fingerprint density at radius 3 is 0.870 bits per heavy atom. The lowest BCUT2D eigenvalue weighted by Crippen LogP contribution is -2.30. The van der Waals surface area contributed by atoms with Gasteiger partial charge in [-0.2, -0.15) is 0 Å². The van der Waals surface area contributed by atoms with Gasteiger partial charge >= 0.3 is 17.9 Å². The first-order valence-corrected chi connectivity index (χ1v) is 33.1. The maximum atomic E-state index is 12.9. The molecule has 0 radical (unpaired) electrons. The van der Waals surface area contributed by atoms with E-state index in [4.69, 9.17) is 14.2 Å². The first-order chi connectivity index (χ1) is 38.0. The number of carbonyl (C=O) groups excluding carboxylic acids is 3. The van der Waals surface area contributed by atoms with Gasteiger partial charge in [0.05, 0.1) is 0 Å². The molecule has 6 nitrogen and oxygen atoms in total. The maximum Gasteiger partial charge on any atom is 0.306 e. The van der Waals surface area contributed by atoms with Gasteiger partial charge in [0.1, 0.15) is 13.2 Å². The molecule has 0 aromatic carbocycles. The first kappa shape index (κ1) is 73.6. The van der Waals surface area contributed by atoms with E-state index in [1.165, 1.54) is 180 Å². The van der Waals surface area contributed by atoms with Crippen molar-refractivity contribution in [2.75, 3.05) is 13.2 Å². The third-order valence-electron chi connectivity index (χ3n) is 14.4. The molecule has 0 aromatic heterocycles. The fourth-order valence-corrected chi connectivity index (χ4v) is 9.44. The number of unbranched alkanes of at least 4 members (excludes halogenated alkanes) is 35. The lowest BCUT2D eigenvalue weighted by Gasteiger charge is -2.18. The van der Waals surface area contributed by atoms with Crippen molar-refractivity contribution in [3.63, 3.8) is 0 Å². The van der Waals surface area contributed by atoms with E-state index >= 15 is 0 Å². The molecule has 0 aromatic rings. The van der Waals surface area contributed by atoms with E-state index in [9.17, 15) is 14.4 Å². The van der Waals surface area contributed by atoms with E-state index in [0.717, 1.165) is 103 Å². The molecular weight excluding hydrogens is 949 g/mol. The zero-order valence-electron chi connectivity index (χ0n) is 51.0. The lowest BCUT2D eigenvalue weighted by molar-refractivity contribution is -0.167. The van der Waals surface area contributed by atoms with E-state index in [0.29, 0.717) is 19.3 Å². The Morgan fingerprint density at radius 2 is 0.532 bits per heavy atom. The van der Waals surface area contributed by atoms with Crippen LogP contribution in [0.1, 0.15) is 329 Å². The van der Waals surface area contributed by atoms with Crippen molar-refractivity contribution in [1.82, 2.24) is 0 Å². The van der Waals surface area contributed by atoms with Gasteiger partial charge in [0.25, 0.3) is 0 Å². The van der Waals surface area contributed by atoms with Gasteiger partial charge in [-0.1, -0.05) is 311 Å². The lowest BCUT2D eigenvalue weighted by atomic mass is 10.0. The number of rotatable bonds is 60. The molecule has 0 aliphatic rings. The normalized spacial score (nSPS) is 12.6. The van der Waals surface area contributed by atoms with Crippen molar-refractivity contribution >= 4 is 17.9 Å². The van der Waals surface area contributed by atoms with Crippen LogP contribution in [0.4, 0.5) is 0 Å². The number of hydrogen-bond donors (Lipinski definition) is 0. The summed E-state index contributed by atoms with van der Waals surface area (Å²) >= 11 is 0. The number of hydrogen-bond acceptors (Lipinski definition) is 6. The van der Waals surface area contributed by atoms with Gasteiger partial charge in [-0.05, 0) is 83.5 Å². The summed E-state index contributed by atoms with van der Waals surface area (Å²) in [7, 11) is 0. The highest BCUT2D eigenvalue weighted by atomic mass is 16.6. The molecule has 0 fully saturated rings. The molecule has 0 N–H and O–H groups in total. The summed E-state index contributed by atoms with van der Waals surface area (Å²) in [6, 6.07) is 0. The molecule has 0 amide bonds. The van der Waals surface area contributed by atoms with Crippen LogP contribution in [0.2, 0.25) is 0 Å². The zero-order chi connectivity index (χ0) is 55.7. The standard InChI is InChI=1S/C71H124O6/c1-4-7-10-13-16-19-22-25-28-30-31-32-33-34-35-36-37-38-39-40-42-43-46-49-52-55-58-61-64-70(73)76-67-68(66-75-69(72)63-60-57-54-51-48-45-27-24-21-18-15-12-9-6-3)77-71(74)65-62-59-56-53-50-47-44-41-29-26-23-20-17-14-11-8-5-2/h8,11,15,17-18,20,24,26-27,29,44,47,53,56,68H,4-7,9-10,12-14,16,19,21-23,25,28,30-43,45-46,48-52,54-55,57-67H2,1-3H3/b11-8-,18-15-,20-17-,27-24-,29-26-,47-44-,56-53-. The van der Waals surface area contributed by atoms with Gasteiger partial charge in [0, 0.05) is 19.3 Å². The summed E-state index contributed by atoms with van der Waals surface area (Å²) in [4.78, 5) is 38.3. The average Bonchev–Trinajstić information content (AvgIpc) is 3.43. The van der Waals surface area contributed by atoms with Gasteiger partial charge in [0.2, 0.25) is 0 Å². The second-order valence-corrected chi connectivity index (χ2v) is 22.0. The molecule has 0 heterocycles. The molecule has 0 saturated carbocycles. The van der Waals surface area contributed by atoms with Crippen molar-refractivity contribution < 1.29 is 28.6 Å². The fraction of sp³-hybridized carbons (Fsp3) is 0.761. The van der Waals surface area contributed by atoms with Crippen LogP contribution < -0.4 is 0 Å². The highest BCUT2D eigenvalue weighted by Crippen LogP contribution is 2.17. The van der Waals surface area contributed by atoms with Gasteiger partial charge < -0.3 is 14.2 Å².